The highest BCUT2D eigenvalue weighted by Crippen LogP contribution is 2.14. The zero-order chi connectivity index (χ0) is 13.2. The molecule has 1 N–H and O–H groups in total. The summed E-state index contributed by atoms with van der Waals surface area (Å²) >= 11 is 0. The van der Waals surface area contributed by atoms with Crippen LogP contribution in [-0.2, 0) is 4.79 Å². The van der Waals surface area contributed by atoms with E-state index in [0.717, 1.165) is 11.4 Å². The van der Waals surface area contributed by atoms with Gasteiger partial charge < -0.3 is 10.1 Å². The third-order valence-corrected chi connectivity index (χ3v) is 2.33. The molecule has 0 bridgehead atoms. The molecule has 2 aromatic rings. The molecular weight excluding hydrogens is 222 g/mol. The van der Waals surface area contributed by atoms with Crippen molar-refractivity contribution in [2.75, 3.05) is 5.32 Å². The van der Waals surface area contributed by atoms with Gasteiger partial charge in [-0.2, -0.15) is 0 Å². The number of carbonyl (C=O) groups is 1. The number of carbonyl (C=O) groups excluding carboxylic acids is 1. The van der Waals surface area contributed by atoms with Crippen molar-refractivity contribution in [2.45, 2.75) is 20.3 Å². The Labute approximate surface area is 109 Å². The molecule has 18 heavy (non-hydrogen) atoms. The highest BCUT2D eigenvalue weighted by atomic mass is 16.1. The van der Waals surface area contributed by atoms with Crippen LogP contribution in [0, 0.1) is 0 Å². The fourth-order valence-corrected chi connectivity index (χ4v) is 1.21. The fourth-order valence-electron chi connectivity index (χ4n) is 1.21. The highest BCUT2D eigenvalue weighted by Gasteiger charge is 1.89. The molecule has 0 radical (unpaired) electrons. The lowest BCUT2D eigenvalue weighted by molar-refractivity contribution is -0.116. The average Bonchev–Trinajstić information content (AvgIpc) is 2.42. The van der Waals surface area contributed by atoms with E-state index in [1.54, 1.807) is 6.92 Å². The lowest BCUT2D eigenvalue weighted by Gasteiger charge is -2.04. The van der Waals surface area contributed by atoms with Crippen molar-refractivity contribution in [3.63, 3.8) is 0 Å². The Morgan fingerprint density at radius 3 is 1.50 bits per heavy atom. The van der Waals surface area contributed by atoms with Crippen LogP contribution in [0.2, 0.25) is 0 Å². The maximum Gasteiger partial charge on any atom is 0.129 e. The number of Topliss-reactive ketones (excluding diaryl/α,β-unsaturated/α-hetero) is 1. The van der Waals surface area contributed by atoms with Crippen LogP contribution in [0.5, 0.6) is 0 Å². The Kier molecular flexibility index (Phi) is 6.26. The maximum atomic E-state index is 9.81. The summed E-state index contributed by atoms with van der Waals surface area (Å²) in [6.45, 7) is 3.43. The number of rotatable bonds is 3. The Bertz CT molecular complexity index is 414. The summed E-state index contributed by atoms with van der Waals surface area (Å²) < 4.78 is 0. The molecule has 0 unspecified atom stereocenters. The predicted molar refractivity (Wildman–Crippen MR) is 77.1 cm³/mol. The van der Waals surface area contributed by atoms with Gasteiger partial charge in [-0.1, -0.05) is 43.3 Å². The Hall–Kier alpha value is -2.09. The first-order valence-electron chi connectivity index (χ1n) is 6.09. The normalized spacial score (nSPS) is 9.00. The summed E-state index contributed by atoms with van der Waals surface area (Å²) in [7, 11) is 0. The zero-order valence-corrected chi connectivity index (χ0v) is 10.9. The fraction of sp³-hybridized carbons (Fsp3) is 0.188. The third kappa shape index (κ3) is 5.85. The molecule has 0 spiro atoms. The first-order valence-corrected chi connectivity index (χ1v) is 6.09. The monoisotopic (exact) mass is 241 g/mol. The molecular formula is C16H19NO. The summed E-state index contributed by atoms with van der Waals surface area (Å²) in [4.78, 5) is 9.81. The summed E-state index contributed by atoms with van der Waals surface area (Å²) in [6, 6.07) is 20.3. The van der Waals surface area contributed by atoms with Crippen molar-refractivity contribution in [3.8, 4) is 0 Å². The topological polar surface area (TPSA) is 29.1 Å². The van der Waals surface area contributed by atoms with E-state index in [-0.39, 0.29) is 5.78 Å². The van der Waals surface area contributed by atoms with Crippen LogP contribution in [0.3, 0.4) is 0 Å². The summed E-state index contributed by atoms with van der Waals surface area (Å²) in [5, 5.41) is 3.30. The van der Waals surface area contributed by atoms with Gasteiger partial charge in [0.15, 0.2) is 0 Å². The van der Waals surface area contributed by atoms with Crippen molar-refractivity contribution in [2.24, 2.45) is 0 Å². The quantitative estimate of drug-likeness (QED) is 0.862. The van der Waals surface area contributed by atoms with Crippen molar-refractivity contribution < 1.29 is 4.79 Å². The number of nitrogens with one attached hydrogen (secondary N) is 1. The largest absolute Gasteiger partial charge is 0.356 e. The molecule has 0 aromatic heterocycles. The molecule has 2 nitrogen and oxygen atoms in total. The molecule has 0 saturated heterocycles. The molecule has 0 saturated carbocycles. The van der Waals surface area contributed by atoms with Gasteiger partial charge in [-0.3, -0.25) is 0 Å². The molecule has 0 aliphatic heterocycles. The van der Waals surface area contributed by atoms with Crippen LogP contribution >= 0.6 is 0 Å². The van der Waals surface area contributed by atoms with Crippen LogP contribution in [0.15, 0.2) is 60.7 Å². The minimum Gasteiger partial charge on any atom is -0.356 e. The lowest BCUT2D eigenvalue weighted by atomic mass is 10.3. The van der Waals surface area contributed by atoms with Gasteiger partial charge in [0.05, 0.1) is 0 Å². The molecule has 0 aliphatic carbocycles. The lowest BCUT2D eigenvalue weighted by Crippen LogP contribution is -1.87. The van der Waals surface area contributed by atoms with Gasteiger partial charge in [0, 0.05) is 17.8 Å². The summed E-state index contributed by atoms with van der Waals surface area (Å²) in [5.41, 5.74) is 2.24. The number of anilines is 2. The molecule has 0 heterocycles. The number of benzene rings is 2. The Balaban J connectivity index is 0.000000280. The van der Waals surface area contributed by atoms with Gasteiger partial charge >= 0.3 is 0 Å². The first kappa shape index (κ1) is 14.0. The van der Waals surface area contributed by atoms with E-state index in [1.807, 2.05) is 67.6 Å². The van der Waals surface area contributed by atoms with E-state index in [0.29, 0.717) is 6.42 Å². The maximum absolute atomic E-state index is 9.81. The second kappa shape index (κ2) is 8.07. The van der Waals surface area contributed by atoms with Gasteiger partial charge in [0.1, 0.15) is 5.78 Å². The minimum absolute atomic E-state index is 0.255. The van der Waals surface area contributed by atoms with Crippen LogP contribution < -0.4 is 5.32 Å². The van der Waals surface area contributed by atoms with E-state index in [1.165, 1.54) is 0 Å². The van der Waals surface area contributed by atoms with Crippen LogP contribution in [-0.4, -0.2) is 5.78 Å². The van der Waals surface area contributed by atoms with E-state index in [4.69, 9.17) is 0 Å². The molecule has 0 aliphatic rings. The van der Waals surface area contributed by atoms with Gasteiger partial charge in [-0.25, -0.2) is 0 Å². The van der Waals surface area contributed by atoms with Gasteiger partial charge in [0.25, 0.3) is 0 Å². The van der Waals surface area contributed by atoms with E-state index >= 15 is 0 Å². The molecule has 0 amide bonds. The zero-order valence-electron chi connectivity index (χ0n) is 10.9. The van der Waals surface area contributed by atoms with Crippen LogP contribution in [0.1, 0.15) is 20.3 Å². The number of hydrogen-bond acceptors (Lipinski definition) is 2. The summed E-state index contributed by atoms with van der Waals surface area (Å²) in [5.74, 6) is 0.255. The number of para-hydroxylation sites is 2. The Morgan fingerprint density at radius 2 is 1.22 bits per heavy atom. The molecule has 94 valence electrons. The smallest absolute Gasteiger partial charge is 0.129 e. The molecule has 2 aromatic carbocycles. The average molecular weight is 241 g/mol. The van der Waals surface area contributed by atoms with Crippen molar-refractivity contribution in [3.05, 3.63) is 60.7 Å². The third-order valence-electron chi connectivity index (χ3n) is 2.33. The molecule has 2 rings (SSSR count). The predicted octanol–water partition coefficient (Wildman–Crippen LogP) is 4.42. The summed E-state index contributed by atoms with van der Waals surface area (Å²) in [6.07, 6.45) is 0.667. The Morgan fingerprint density at radius 1 is 0.889 bits per heavy atom. The second-order valence-electron chi connectivity index (χ2n) is 3.91. The standard InChI is InChI=1S/C12H11N.C4H8O/c1-3-7-11(8-4-1)13-12-9-5-2-6-10-12;1-3-4(2)5/h1-10,13H;3H2,1-2H3. The minimum atomic E-state index is 0.255. The van der Waals surface area contributed by atoms with Gasteiger partial charge in [0.2, 0.25) is 0 Å². The van der Waals surface area contributed by atoms with E-state index in [9.17, 15) is 4.79 Å². The van der Waals surface area contributed by atoms with E-state index in [2.05, 4.69) is 5.32 Å². The molecule has 0 fully saturated rings. The van der Waals surface area contributed by atoms with Crippen LogP contribution in [0.4, 0.5) is 11.4 Å². The van der Waals surface area contributed by atoms with Crippen LogP contribution in [0.25, 0.3) is 0 Å². The van der Waals surface area contributed by atoms with Crippen molar-refractivity contribution >= 4 is 17.2 Å². The second-order valence-corrected chi connectivity index (χ2v) is 3.91. The van der Waals surface area contributed by atoms with Gasteiger partial charge in [-0.15, -0.1) is 0 Å². The van der Waals surface area contributed by atoms with Crippen molar-refractivity contribution in [1.82, 2.24) is 0 Å². The van der Waals surface area contributed by atoms with Gasteiger partial charge in [-0.05, 0) is 31.2 Å². The SMILES string of the molecule is CCC(C)=O.c1ccc(Nc2ccccc2)cc1. The number of ketones is 1. The first-order chi connectivity index (χ1) is 8.72. The molecule has 0 atom stereocenters. The van der Waals surface area contributed by atoms with Crippen molar-refractivity contribution in [1.29, 1.82) is 0 Å². The van der Waals surface area contributed by atoms with E-state index < -0.39 is 0 Å². The molecule has 2 heteroatoms. The highest BCUT2D eigenvalue weighted by molar-refractivity contribution is 5.74. The number of hydrogen-bond donors (Lipinski definition) is 1.